The molecule has 0 aliphatic carbocycles. The fraction of sp³-hybridized carbons (Fsp3) is 0.211. The van der Waals surface area contributed by atoms with E-state index in [1.165, 1.54) is 19.1 Å². The van der Waals surface area contributed by atoms with Crippen molar-refractivity contribution in [1.82, 2.24) is 5.32 Å². The summed E-state index contributed by atoms with van der Waals surface area (Å²) in [5, 5.41) is 2.66. The predicted molar refractivity (Wildman–Crippen MR) is 91.6 cm³/mol. The van der Waals surface area contributed by atoms with Crippen molar-refractivity contribution in [3.8, 4) is 5.75 Å². The number of hydrogen-bond acceptors (Lipinski definition) is 5. The molecule has 25 heavy (non-hydrogen) atoms. The lowest BCUT2D eigenvalue weighted by atomic mass is 10.1. The molecule has 2 aromatic rings. The molecule has 6 nitrogen and oxygen atoms in total. The Labute approximate surface area is 145 Å². The number of ether oxygens (including phenoxy) is 2. The van der Waals surface area contributed by atoms with E-state index >= 15 is 0 Å². The minimum atomic E-state index is -0.657. The summed E-state index contributed by atoms with van der Waals surface area (Å²) in [6.07, 6.45) is 0. The van der Waals surface area contributed by atoms with Crippen molar-refractivity contribution in [2.45, 2.75) is 13.5 Å². The molecule has 2 aromatic carbocycles. The lowest BCUT2D eigenvalue weighted by Gasteiger charge is -2.10. The first-order chi connectivity index (χ1) is 12.0. The number of ketones is 1. The van der Waals surface area contributed by atoms with Gasteiger partial charge in [-0.25, -0.2) is 4.79 Å². The molecule has 0 saturated carbocycles. The molecule has 0 bridgehead atoms. The number of esters is 1. The summed E-state index contributed by atoms with van der Waals surface area (Å²) in [5.41, 5.74) is 1.46. The number of benzene rings is 2. The zero-order chi connectivity index (χ0) is 18.2. The second-order valence-corrected chi connectivity index (χ2v) is 5.30. The van der Waals surface area contributed by atoms with Crippen molar-refractivity contribution in [2.24, 2.45) is 0 Å². The fourth-order valence-electron chi connectivity index (χ4n) is 2.17. The van der Waals surface area contributed by atoms with Crippen molar-refractivity contribution in [3.63, 3.8) is 0 Å². The Kier molecular flexibility index (Phi) is 6.28. The third-order valence-corrected chi connectivity index (χ3v) is 3.51. The van der Waals surface area contributed by atoms with E-state index in [1.54, 1.807) is 25.3 Å². The number of para-hydroxylation sites is 1. The van der Waals surface area contributed by atoms with Crippen molar-refractivity contribution in [2.75, 3.05) is 13.7 Å². The van der Waals surface area contributed by atoms with E-state index in [-0.39, 0.29) is 17.9 Å². The SMILES string of the molecule is COc1ccccc1CNC(=O)COC(=O)c1cccc(C(C)=O)c1. The van der Waals surface area contributed by atoms with Gasteiger partial charge in [-0.1, -0.05) is 30.3 Å². The molecule has 0 heterocycles. The van der Waals surface area contributed by atoms with Gasteiger partial charge in [0, 0.05) is 17.7 Å². The number of carbonyl (C=O) groups excluding carboxylic acids is 3. The first-order valence-corrected chi connectivity index (χ1v) is 7.68. The summed E-state index contributed by atoms with van der Waals surface area (Å²) in [6.45, 7) is 1.27. The van der Waals surface area contributed by atoms with Crippen LogP contribution < -0.4 is 10.1 Å². The van der Waals surface area contributed by atoms with Gasteiger partial charge in [0.05, 0.1) is 12.7 Å². The van der Waals surface area contributed by atoms with Gasteiger partial charge < -0.3 is 14.8 Å². The minimum absolute atomic E-state index is 0.149. The molecule has 2 rings (SSSR count). The van der Waals surface area contributed by atoms with Crippen LogP contribution in [0.25, 0.3) is 0 Å². The Morgan fingerprint density at radius 2 is 1.72 bits per heavy atom. The molecule has 1 amide bonds. The zero-order valence-electron chi connectivity index (χ0n) is 14.1. The van der Waals surface area contributed by atoms with Gasteiger partial charge >= 0.3 is 5.97 Å². The van der Waals surface area contributed by atoms with Crippen LogP contribution in [0, 0.1) is 0 Å². The summed E-state index contributed by atoms with van der Waals surface area (Å²) in [7, 11) is 1.55. The molecule has 0 aliphatic rings. The summed E-state index contributed by atoms with van der Waals surface area (Å²) in [4.78, 5) is 35.1. The van der Waals surface area contributed by atoms with Gasteiger partial charge in [0.25, 0.3) is 5.91 Å². The van der Waals surface area contributed by atoms with Gasteiger partial charge in [-0.05, 0) is 25.1 Å². The van der Waals surface area contributed by atoms with E-state index in [0.29, 0.717) is 11.3 Å². The first kappa shape index (κ1) is 18.2. The van der Waals surface area contributed by atoms with Crippen LogP contribution >= 0.6 is 0 Å². The molecule has 130 valence electrons. The quantitative estimate of drug-likeness (QED) is 0.618. The third-order valence-electron chi connectivity index (χ3n) is 3.51. The molecule has 0 atom stereocenters. The molecule has 0 spiro atoms. The average Bonchev–Trinajstić information content (AvgIpc) is 2.64. The van der Waals surface area contributed by atoms with Gasteiger partial charge in [0.15, 0.2) is 12.4 Å². The topological polar surface area (TPSA) is 81.7 Å². The Bertz CT molecular complexity index is 785. The normalized spacial score (nSPS) is 10.0. The molecule has 0 aromatic heterocycles. The number of rotatable bonds is 7. The van der Waals surface area contributed by atoms with E-state index < -0.39 is 18.5 Å². The molecule has 6 heteroatoms. The lowest BCUT2D eigenvalue weighted by Crippen LogP contribution is -2.28. The van der Waals surface area contributed by atoms with E-state index in [0.717, 1.165) is 5.56 Å². The Hall–Kier alpha value is -3.15. The highest BCUT2D eigenvalue weighted by Crippen LogP contribution is 2.16. The minimum Gasteiger partial charge on any atom is -0.496 e. The number of amides is 1. The van der Waals surface area contributed by atoms with Crippen molar-refractivity contribution < 1.29 is 23.9 Å². The maximum atomic E-state index is 12.0. The number of nitrogens with one attached hydrogen (secondary N) is 1. The van der Waals surface area contributed by atoms with Gasteiger partial charge in [0.1, 0.15) is 5.75 Å². The first-order valence-electron chi connectivity index (χ1n) is 7.68. The molecule has 0 unspecified atom stereocenters. The van der Waals surface area contributed by atoms with Crippen LogP contribution in [0.1, 0.15) is 33.2 Å². The summed E-state index contributed by atoms with van der Waals surface area (Å²) in [5.74, 6) is -0.567. The van der Waals surface area contributed by atoms with Gasteiger partial charge in [-0.3, -0.25) is 9.59 Å². The monoisotopic (exact) mass is 341 g/mol. The standard InChI is InChI=1S/C19H19NO5/c1-13(21)14-7-5-8-15(10-14)19(23)25-12-18(22)20-11-16-6-3-4-9-17(16)24-2/h3-10H,11-12H2,1-2H3,(H,20,22). The van der Waals surface area contributed by atoms with E-state index in [1.807, 2.05) is 18.2 Å². The fourth-order valence-corrected chi connectivity index (χ4v) is 2.17. The van der Waals surface area contributed by atoms with Crippen LogP contribution in [0.3, 0.4) is 0 Å². The van der Waals surface area contributed by atoms with Crippen LogP contribution in [0.4, 0.5) is 0 Å². The summed E-state index contributed by atoms with van der Waals surface area (Å²) >= 11 is 0. The molecule has 0 saturated heterocycles. The predicted octanol–water partition coefficient (Wildman–Crippen LogP) is 2.37. The highest BCUT2D eigenvalue weighted by atomic mass is 16.5. The summed E-state index contributed by atoms with van der Waals surface area (Å²) in [6, 6.07) is 13.5. The van der Waals surface area contributed by atoms with Crippen molar-refractivity contribution in [1.29, 1.82) is 0 Å². The maximum Gasteiger partial charge on any atom is 0.338 e. The van der Waals surface area contributed by atoms with Crippen LogP contribution in [0.5, 0.6) is 5.75 Å². The summed E-state index contributed by atoms with van der Waals surface area (Å²) < 4.78 is 10.2. The van der Waals surface area contributed by atoms with Gasteiger partial charge in [-0.15, -0.1) is 0 Å². The number of hydrogen-bond donors (Lipinski definition) is 1. The van der Waals surface area contributed by atoms with Crippen molar-refractivity contribution >= 4 is 17.7 Å². The van der Waals surface area contributed by atoms with Gasteiger partial charge in [0.2, 0.25) is 0 Å². The second-order valence-electron chi connectivity index (χ2n) is 5.30. The van der Waals surface area contributed by atoms with Crippen LogP contribution in [-0.2, 0) is 16.1 Å². The molecular weight excluding hydrogens is 322 g/mol. The Morgan fingerprint density at radius 3 is 2.44 bits per heavy atom. The second kappa shape index (κ2) is 8.63. The van der Waals surface area contributed by atoms with E-state index in [2.05, 4.69) is 5.32 Å². The molecule has 0 aliphatic heterocycles. The molecular formula is C19H19NO5. The van der Waals surface area contributed by atoms with Crippen LogP contribution in [0.2, 0.25) is 0 Å². The Morgan fingerprint density at radius 1 is 1.00 bits per heavy atom. The van der Waals surface area contributed by atoms with Gasteiger partial charge in [-0.2, -0.15) is 0 Å². The Balaban J connectivity index is 1.86. The largest absolute Gasteiger partial charge is 0.496 e. The lowest BCUT2D eigenvalue weighted by molar-refractivity contribution is -0.124. The maximum absolute atomic E-state index is 12.0. The van der Waals surface area contributed by atoms with Crippen LogP contribution in [0.15, 0.2) is 48.5 Å². The molecule has 0 fully saturated rings. The molecule has 0 radical (unpaired) electrons. The smallest absolute Gasteiger partial charge is 0.338 e. The third kappa shape index (κ3) is 5.17. The highest BCUT2D eigenvalue weighted by molar-refractivity contribution is 5.98. The number of methoxy groups -OCH3 is 1. The number of Topliss-reactive ketones (excluding diaryl/α,β-unsaturated/α-hetero) is 1. The van der Waals surface area contributed by atoms with E-state index in [4.69, 9.17) is 9.47 Å². The van der Waals surface area contributed by atoms with Crippen molar-refractivity contribution in [3.05, 3.63) is 65.2 Å². The zero-order valence-corrected chi connectivity index (χ0v) is 14.1. The highest BCUT2D eigenvalue weighted by Gasteiger charge is 2.12. The van der Waals surface area contributed by atoms with E-state index in [9.17, 15) is 14.4 Å². The molecule has 1 N–H and O–H groups in total. The average molecular weight is 341 g/mol. The van der Waals surface area contributed by atoms with Crippen LogP contribution in [-0.4, -0.2) is 31.4 Å². The number of carbonyl (C=O) groups is 3.